The molecule has 3 aromatic rings. The molecule has 0 bridgehead atoms. The van der Waals surface area contributed by atoms with E-state index in [1.54, 1.807) is 23.2 Å². The molecule has 31 heavy (non-hydrogen) atoms. The van der Waals surface area contributed by atoms with Crippen molar-refractivity contribution >= 4 is 12.2 Å². The highest BCUT2D eigenvalue weighted by Crippen LogP contribution is 2.17. The lowest BCUT2D eigenvalue weighted by atomic mass is 10.1. The molecule has 6 nitrogen and oxygen atoms in total. The Balaban J connectivity index is 1.58. The summed E-state index contributed by atoms with van der Waals surface area (Å²) >= 11 is 5.37. The Morgan fingerprint density at radius 2 is 1.68 bits per heavy atom. The summed E-state index contributed by atoms with van der Waals surface area (Å²) in [6.07, 6.45) is 15.9. The van der Waals surface area contributed by atoms with Crippen LogP contribution in [0.3, 0.4) is 0 Å². The third kappa shape index (κ3) is 7.14. The SMILES string of the molecule is CCCCCCCCCOc1ccc(-n2cc(Cc3cncnc3)c(=O)[nH]c2=S)cc1. The van der Waals surface area contributed by atoms with Crippen LogP contribution < -0.4 is 10.3 Å². The lowest BCUT2D eigenvalue weighted by molar-refractivity contribution is 0.304. The third-order valence-electron chi connectivity index (χ3n) is 5.16. The van der Waals surface area contributed by atoms with E-state index in [4.69, 9.17) is 17.0 Å². The van der Waals surface area contributed by atoms with E-state index in [1.807, 2.05) is 24.3 Å². The summed E-state index contributed by atoms with van der Waals surface area (Å²) in [5, 5.41) is 0. The molecule has 3 rings (SSSR count). The molecule has 0 radical (unpaired) electrons. The van der Waals surface area contributed by atoms with Gasteiger partial charge in [0.2, 0.25) is 0 Å². The van der Waals surface area contributed by atoms with Gasteiger partial charge in [-0.3, -0.25) is 14.3 Å². The molecule has 0 fully saturated rings. The molecule has 0 amide bonds. The minimum atomic E-state index is -0.195. The fraction of sp³-hybridized carbons (Fsp3) is 0.417. The summed E-state index contributed by atoms with van der Waals surface area (Å²) in [4.78, 5) is 23.1. The van der Waals surface area contributed by atoms with Gasteiger partial charge in [-0.25, -0.2) is 9.97 Å². The molecule has 0 atom stereocenters. The summed E-state index contributed by atoms with van der Waals surface area (Å²) in [6.45, 7) is 2.97. The molecule has 2 aromatic heterocycles. The van der Waals surface area contributed by atoms with Gasteiger partial charge in [0.15, 0.2) is 4.77 Å². The number of nitrogens with zero attached hydrogens (tertiary/aromatic N) is 3. The Labute approximate surface area is 188 Å². The van der Waals surface area contributed by atoms with E-state index in [0.717, 1.165) is 30.0 Å². The lowest BCUT2D eigenvalue weighted by Gasteiger charge is -2.11. The monoisotopic (exact) mass is 438 g/mol. The maximum atomic E-state index is 12.3. The van der Waals surface area contributed by atoms with Gasteiger partial charge in [-0.05, 0) is 48.5 Å². The number of aromatic amines is 1. The number of aromatic nitrogens is 4. The van der Waals surface area contributed by atoms with Gasteiger partial charge >= 0.3 is 0 Å². The van der Waals surface area contributed by atoms with Crippen molar-refractivity contribution < 1.29 is 4.74 Å². The Bertz CT molecular complexity index is 1050. The molecule has 0 spiro atoms. The van der Waals surface area contributed by atoms with Crippen molar-refractivity contribution in [1.29, 1.82) is 0 Å². The third-order valence-corrected chi connectivity index (χ3v) is 5.45. The Morgan fingerprint density at radius 1 is 1.00 bits per heavy atom. The normalized spacial score (nSPS) is 10.9. The summed E-state index contributed by atoms with van der Waals surface area (Å²) in [5.74, 6) is 0.840. The summed E-state index contributed by atoms with van der Waals surface area (Å²) in [6, 6.07) is 7.77. The van der Waals surface area contributed by atoms with E-state index >= 15 is 0 Å². The maximum absolute atomic E-state index is 12.3. The number of unbranched alkanes of at least 4 members (excludes halogenated alkanes) is 6. The number of ether oxygens (including phenoxy) is 1. The molecule has 164 valence electrons. The molecule has 0 aliphatic heterocycles. The summed E-state index contributed by atoms with van der Waals surface area (Å²) in [7, 11) is 0. The number of hydrogen-bond acceptors (Lipinski definition) is 5. The standard InChI is InChI=1S/C24H30N4O2S/c1-2-3-4-5-6-7-8-13-30-22-11-9-21(10-12-22)28-17-20(23(29)27-24(28)31)14-19-15-25-18-26-16-19/h9-12,15-18H,2-8,13-14H2,1H3,(H,27,29,31). The minimum Gasteiger partial charge on any atom is -0.494 e. The van der Waals surface area contributed by atoms with Gasteiger partial charge in [-0.1, -0.05) is 45.4 Å². The number of H-pyrrole nitrogens is 1. The highest BCUT2D eigenvalue weighted by molar-refractivity contribution is 7.71. The van der Waals surface area contributed by atoms with Crippen LogP contribution in [0.25, 0.3) is 5.69 Å². The second-order valence-electron chi connectivity index (χ2n) is 7.67. The van der Waals surface area contributed by atoms with E-state index in [1.165, 1.54) is 44.9 Å². The predicted molar refractivity (Wildman–Crippen MR) is 126 cm³/mol. The number of benzene rings is 1. The van der Waals surface area contributed by atoms with Gasteiger partial charge in [-0.15, -0.1) is 0 Å². The summed E-state index contributed by atoms with van der Waals surface area (Å²) < 4.78 is 8.03. The van der Waals surface area contributed by atoms with Crippen molar-refractivity contribution in [3.8, 4) is 11.4 Å². The van der Waals surface area contributed by atoms with Crippen LogP contribution in [0.5, 0.6) is 5.75 Å². The molecular weight excluding hydrogens is 408 g/mol. The number of hydrogen-bond donors (Lipinski definition) is 1. The van der Waals surface area contributed by atoms with Crippen LogP contribution in [0, 0.1) is 4.77 Å². The van der Waals surface area contributed by atoms with Crippen molar-refractivity contribution in [3.05, 3.63) is 75.4 Å². The van der Waals surface area contributed by atoms with E-state index in [0.29, 0.717) is 16.8 Å². The molecule has 0 saturated carbocycles. The fourth-order valence-corrected chi connectivity index (χ4v) is 3.67. The fourth-order valence-electron chi connectivity index (χ4n) is 3.42. The molecule has 1 N–H and O–H groups in total. The number of rotatable bonds is 12. The average molecular weight is 439 g/mol. The zero-order chi connectivity index (χ0) is 21.9. The smallest absolute Gasteiger partial charge is 0.255 e. The maximum Gasteiger partial charge on any atom is 0.255 e. The Hall–Kier alpha value is -2.80. The van der Waals surface area contributed by atoms with Gasteiger partial charge in [0.1, 0.15) is 12.1 Å². The van der Waals surface area contributed by atoms with Gasteiger partial charge < -0.3 is 4.74 Å². The van der Waals surface area contributed by atoms with Crippen molar-refractivity contribution in [3.63, 3.8) is 0 Å². The van der Waals surface area contributed by atoms with E-state index in [-0.39, 0.29) is 5.56 Å². The molecule has 0 unspecified atom stereocenters. The summed E-state index contributed by atoms with van der Waals surface area (Å²) in [5.41, 5.74) is 2.14. The van der Waals surface area contributed by atoms with Gasteiger partial charge in [0, 0.05) is 36.3 Å². The van der Waals surface area contributed by atoms with Gasteiger partial charge in [0.05, 0.1) is 6.61 Å². The first-order valence-corrected chi connectivity index (χ1v) is 11.4. The van der Waals surface area contributed by atoms with Gasteiger partial charge in [-0.2, -0.15) is 0 Å². The van der Waals surface area contributed by atoms with Crippen molar-refractivity contribution in [2.24, 2.45) is 0 Å². The zero-order valence-electron chi connectivity index (χ0n) is 18.0. The highest BCUT2D eigenvalue weighted by Gasteiger charge is 2.07. The van der Waals surface area contributed by atoms with Crippen LogP contribution in [0.15, 0.2) is 54.0 Å². The topological polar surface area (TPSA) is 72.8 Å². The minimum absolute atomic E-state index is 0.195. The predicted octanol–water partition coefficient (Wildman–Crippen LogP) is 5.41. The Morgan fingerprint density at radius 3 is 2.39 bits per heavy atom. The first-order valence-electron chi connectivity index (χ1n) is 11.0. The van der Waals surface area contributed by atoms with Crippen LogP contribution in [-0.4, -0.2) is 26.1 Å². The van der Waals surface area contributed by atoms with E-state index in [2.05, 4.69) is 21.9 Å². The van der Waals surface area contributed by atoms with Crippen LogP contribution in [0.1, 0.15) is 63.0 Å². The zero-order valence-corrected chi connectivity index (χ0v) is 18.9. The molecule has 7 heteroatoms. The highest BCUT2D eigenvalue weighted by atomic mass is 32.1. The first kappa shape index (κ1) is 22.9. The average Bonchev–Trinajstić information content (AvgIpc) is 2.79. The molecule has 0 saturated heterocycles. The second kappa shape index (κ2) is 12.2. The van der Waals surface area contributed by atoms with Crippen LogP contribution in [-0.2, 0) is 6.42 Å². The number of nitrogens with one attached hydrogen (secondary N) is 1. The molecule has 2 heterocycles. The van der Waals surface area contributed by atoms with Crippen LogP contribution in [0.4, 0.5) is 0 Å². The molecular formula is C24H30N4O2S. The van der Waals surface area contributed by atoms with Crippen molar-refractivity contribution in [1.82, 2.24) is 19.5 Å². The second-order valence-corrected chi connectivity index (χ2v) is 8.06. The van der Waals surface area contributed by atoms with E-state index < -0.39 is 0 Å². The van der Waals surface area contributed by atoms with Crippen LogP contribution >= 0.6 is 12.2 Å². The first-order chi connectivity index (χ1) is 15.2. The van der Waals surface area contributed by atoms with Crippen molar-refractivity contribution in [2.75, 3.05) is 6.61 Å². The largest absolute Gasteiger partial charge is 0.494 e. The quantitative estimate of drug-likeness (QED) is 0.302. The molecule has 1 aromatic carbocycles. The van der Waals surface area contributed by atoms with Crippen LogP contribution in [0.2, 0.25) is 0 Å². The lowest BCUT2D eigenvalue weighted by Crippen LogP contribution is -2.17. The molecule has 0 aliphatic carbocycles. The molecule has 0 aliphatic rings. The van der Waals surface area contributed by atoms with Gasteiger partial charge in [0.25, 0.3) is 5.56 Å². The van der Waals surface area contributed by atoms with Crippen molar-refractivity contribution in [2.45, 2.75) is 58.3 Å². The Kier molecular flexibility index (Phi) is 8.97. The van der Waals surface area contributed by atoms with E-state index in [9.17, 15) is 4.79 Å².